The van der Waals surface area contributed by atoms with Crippen LogP contribution in [0.1, 0.15) is 66.2 Å². The van der Waals surface area contributed by atoms with Gasteiger partial charge in [-0.2, -0.15) is 8.78 Å². The van der Waals surface area contributed by atoms with E-state index in [2.05, 4.69) is 9.72 Å². The van der Waals surface area contributed by atoms with E-state index in [1.165, 1.54) is 6.07 Å². The second-order valence-corrected chi connectivity index (χ2v) is 8.46. The van der Waals surface area contributed by atoms with Crippen molar-refractivity contribution in [3.63, 3.8) is 0 Å². The summed E-state index contributed by atoms with van der Waals surface area (Å²) in [6.07, 6.45) is 7.07. The lowest BCUT2D eigenvalue weighted by Gasteiger charge is -2.28. The van der Waals surface area contributed by atoms with Crippen molar-refractivity contribution in [1.82, 2.24) is 9.55 Å². The number of hydrogen-bond donors (Lipinski definition) is 0. The standard InChI is InChI=1S/C21H25F3N2O2.H2/c1-21(2,3)12-14(27)8-5-9-18-25-19-16(22)10-15(28-20(23)24)11-17(19)26(18)13-6-4-7-13;/h5,9-11,13,20H,4,6-8,12H2,1-3H3;1H/b9-5+;. The molecule has 1 fully saturated rings. The van der Waals surface area contributed by atoms with E-state index in [1.807, 2.05) is 25.3 Å². The van der Waals surface area contributed by atoms with Crippen LogP contribution in [0.3, 0.4) is 0 Å². The Hall–Kier alpha value is -2.31. The number of carbonyl (C=O) groups excluding carboxylic acids is 1. The van der Waals surface area contributed by atoms with Crippen molar-refractivity contribution in [2.24, 2.45) is 5.41 Å². The Kier molecular flexibility index (Phi) is 5.82. The number of benzene rings is 1. The maximum atomic E-state index is 14.4. The number of imidazole rings is 1. The van der Waals surface area contributed by atoms with Crippen LogP contribution in [0, 0.1) is 11.2 Å². The first-order valence-corrected chi connectivity index (χ1v) is 9.48. The molecule has 0 saturated heterocycles. The molecule has 0 spiro atoms. The van der Waals surface area contributed by atoms with Crippen molar-refractivity contribution in [2.45, 2.75) is 65.5 Å². The number of halogens is 3. The Balaban J connectivity index is 0.00000300. The van der Waals surface area contributed by atoms with Gasteiger partial charge in [0.25, 0.3) is 0 Å². The summed E-state index contributed by atoms with van der Waals surface area (Å²) in [5, 5.41) is 0. The van der Waals surface area contributed by atoms with Crippen molar-refractivity contribution in [2.75, 3.05) is 0 Å². The summed E-state index contributed by atoms with van der Waals surface area (Å²) >= 11 is 0. The quantitative estimate of drug-likeness (QED) is 0.563. The largest absolute Gasteiger partial charge is 0.435 e. The van der Waals surface area contributed by atoms with Gasteiger partial charge in [-0.1, -0.05) is 26.8 Å². The lowest BCUT2D eigenvalue weighted by atomic mass is 9.89. The number of alkyl halides is 2. The molecule has 0 bridgehead atoms. The van der Waals surface area contributed by atoms with Crippen molar-refractivity contribution >= 4 is 22.9 Å². The summed E-state index contributed by atoms with van der Waals surface area (Å²) in [7, 11) is 0. The Morgan fingerprint density at radius 2 is 2.11 bits per heavy atom. The molecular weight excluding hydrogens is 369 g/mol. The van der Waals surface area contributed by atoms with Crippen LogP contribution in [-0.2, 0) is 4.79 Å². The number of allylic oxidation sites excluding steroid dienone is 1. The minimum absolute atomic E-state index is 0. The SMILES string of the molecule is CC(C)(C)CC(=O)C/C=C/c1nc2c(F)cc(OC(F)F)cc2n1C1CCC1.[HH]. The van der Waals surface area contributed by atoms with Gasteiger partial charge in [0, 0.05) is 32.4 Å². The topological polar surface area (TPSA) is 44.1 Å². The predicted octanol–water partition coefficient (Wildman–Crippen LogP) is 6.16. The molecule has 0 N–H and O–H groups in total. The van der Waals surface area contributed by atoms with Gasteiger partial charge in [-0.15, -0.1) is 0 Å². The van der Waals surface area contributed by atoms with E-state index in [1.54, 1.807) is 12.2 Å². The summed E-state index contributed by atoms with van der Waals surface area (Å²) in [5.74, 6) is -0.286. The van der Waals surface area contributed by atoms with Gasteiger partial charge in [0.1, 0.15) is 22.9 Å². The number of ketones is 1. The molecule has 0 aliphatic heterocycles. The van der Waals surface area contributed by atoms with Gasteiger partial charge in [0.05, 0.1) is 5.52 Å². The molecule has 0 atom stereocenters. The molecular formula is C21H27F3N2O2. The van der Waals surface area contributed by atoms with E-state index in [4.69, 9.17) is 0 Å². The van der Waals surface area contributed by atoms with Crippen LogP contribution in [0.25, 0.3) is 17.1 Å². The highest BCUT2D eigenvalue weighted by molar-refractivity contribution is 5.82. The van der Waals surface area contributed by atoms with E-state index in [0.29, 0.717) is 17.8 Å². The minimum atomic E-state index is -3.02. The van der Waals surface area contributed by atoms with E-state index in [-0.39, 0.29) is 36.4 Å². The van der Waals surface area contributed by atoms with Gasteiger partial charge in [-0.25, -0.2) is 9.37 Å². The Bertz CT molecular complexity index is 899. The van der Waals surface area contributed by atoms with Crippen LogP contribution in [0.2, 0.25) is 0 Å². The zero-order valence-electron chi connectivity index (χ0n) is 16.3. The third kappa shape index (κ3) is 4.75. The molecule has 1 aromatic heterocycles. The number of ether oxygens (including phenoxy) is 1. The molecule has 1 heterocycles. The third-order valence-electron chi connectivity index (χ3n) is 4.75. The van der Waals surface area contributed by atoms with Gasteiger partial charge in [-0.05, 0) is 30.8 Å². The predicted molar refractivity (Wildman–Crippen MR) is 104 cm³/mol. The molecule has 154 valence electrons. The van der Waals surface area contributed by atoms with E-state index >= 15 is 0 Å². The normalized spacial score (nSPS) is 15.5. The number of fused-ring (bicyclic) bond motifs is 1. The Morgan fingerprint density at radius 3 is 2.68 bits per heavy atom. The first-order chi connectivity index (χ1) is 13.1. The zero-order valence-corrected chi connectivity index (χ0v) is 16.3. The summed E-state index contributed by atoms with van der Waals surface area (Å²) in [4.78, 5) is 16.4. The monoisotopic (exact) mass is 396 g/mol. The number of aromatic nitrogens is 2. The highest BCUT2D eigenvalue weighted by Crippen LogP contribution is 2.37. The fourth-order valence-corrected chi connectivity index (χ4v) is 3.42. The summed E-state index contributed by atoms with van der Waals surface area (Å²) in [6.45, 7) is 3.00. The van der Waals surface area contributed by atoms with Crippen molar-refractivity contribution in [3.8, 4) is 5.75 Å². The lowest BCUT2D eigenvalue weighted by Crippen LogP contribution is -2.18. The van der Waals surface area contributed by atoms with E-state index < -0.39 is 12.4 Å². The van der Waals surface area contributed by atoms with Gasteiger partial charge in [-0.3, -0.25) is 4.79 Å². The Labute approximate surface area is 163 Å². The average Bonchev–Trinajstić information content (AvgIpc) is 2.82. The second kappa shape index (κ2) is 7.97. The maximum Gasteiger partial charge on any atom is 0.387 e. The summed E-state index contributed by atoms with van der Waals surface area (Å²) in [5.41, 5.74) is 0.476. The van der Waals surface area contributed by atoms with Crippen LogP contribution >= 0.6 is 0 Å². The zero-order chi connectivity index (χ0) is 20.5. The fourth-order valence-electron chi connectivity index (χ4n) is 3.42. The first-order valence-electron chi connectivity index (χ1n) is 9.48. The van der Waals surface area contributed by atoms with Gasteiger partial charge < -0.3 is 9.30 Å². The average molecular weight is 396 g/mol. The fraction of sp³-hybridized carbons (Fsp3) is 0.524. The maximum absolute atomic E-state index is 14.4. The molecule has 4 nitrogen and oxygen atoms in total. The van der Waals surface area contributed by atoms with E-state index in [0.717, 1.165) is 25.3 Å². The van der Waals surface area contributed by atoms with Crippen LogP contribution in [0.15, 0.2) is 18.2 Å². The number of carbonyl (C=O) groups is 1. The summed E-state index contributed by atoms with van der Waals surface area (Å²) < 4.78 is 45.8. The molecule has 1 aliphatic carbocycles. The van der Waals surface area contributed by atoms with Gasteiger partial charge in [0.2, 0.25) is 0 Å². The second-order valence-electron chi connectivity index (χ2n) is 8.46. The van der Waals surface area contributed by atoms with Crippen LogP contribution < -0.4 is 4.74 Å². The number of hydrogen-bond acceptors (Lipinski definition) is 3. The molecule has 0 unspecified atom stereocenters. The highest BCUT2D eigenvalue weighted by Gasteiger charge is 2.26. The van der Waals surface area contributed by atoms with Crippen molar-refractivity contribution < 1.29 is 24.1 Å². The number of nitrogens with zero attached hydrogens (tertiary/aromatic N) is 2. The molecule has 1 aliphatic rings. The van der Waals surface area contributed by atoms with Crippen LogP contribution in [0.4, 0.5) is 13.2 Å². The number of rotatable bonds is 7. The summed E-state index contributed by atoms with van der Waals surface area (Å²) in [6, 6.07) is 2.46. The van der Waals surface area contributed by atoms with Crippen LogP contribution in [-0.4, -0.2) is 21.9 Å². The molecule has 7 heteroatoms. The smallest absolute Gasteiger partial charge is 0.387 e. The molecule has 0 radical (unpaired) electrons. The van der Waals surface area contributed by atoms with Gasteiger partial charge >= 0.3 is 6.61 Å². The molecule has 3 rings (SSSR count). The Morgan fingerprint density at radius 1 is 1.39 bits per heavy atom. The van der Waals surface area contributed by atoms with Crippen molar-refractivity contribution in [1.29, 1.82) is 0 Å². The molecule has 28 heavy (non-hydrogen) atoms. The molecule has 2 aromatic rings. The van der Waals surface area contributed by atoms with E-state index in [9.17, 15) is 18.0 Å². The van der Waals surface area contributed by atoms with Gasteiger partial charge in [0.15, 0.2) is 5.82 Å². The molecule has 1 aromatic carbocycles. The number of Topliss-reactive ketones (excluding diaryl/α,β-unsaturated/α-hetero) is 1. The molecule has 0 amide bonds. The van der Waals surface area contributed by atoms with Crippen LogP contribution in [0.5, 0.6) is 5.75 Å². The van der Waals surface area contributed by atoms with Crippen molar-refractivity contribution in [3.05, 3.63) is 29.9 Å². The third-order valence-corrected chi connectivity index (χ3v) is 4.75. The lowest BCUT2D eigenvalue weighted by molar-refractivity contribution is -0.119. The highest BCUT2D eigenvalue weighted by atomic mass is 19.3. The first kappa shape index (κ1) is 20.4. The minimum Gasteiger partial charge on any atom is -0.435 e. The molecule has 1 saturated carbocycles.